The van der Waals surface area contributed by atoms with Crippen LogP contribution in [0.1, 0.15) is 53.6 Å². The number of ether oxygens (including phenoxy) is 1. The molecule has 1 unspecified atom stereocenters. The van der Waals surface area contributed by atoms with E-state index in [9.17, 15) is 14.0 Å². The minimum absolute atomic E-state index is 0.0509. The number of nitrogens with one attached hydrogen (secondary N) is 1. The van der Waals surface area contributed by atoms with Gasteiger partial charge in [0, 0.05) is 12.6 Å². The van der Waals surface area contributed by atoms with Crippen LogP contribution in [0.2, 0.25) is 0 Å². The van der Waals surface area contributed by atoms with Crippen LogP contribution in [-0.4, -0.2) is 41.6 Å². The van der Waals surface area contributed by atoms with Crippen molar-refractivity contribution in [2.24, 2.45) is 4.99 Å². The van der Waals surface area contributed by atoms with Gasteiger partial charge >= 0.3 is 0 Å². The average molecular weight is 550 g/mol. The second kappa shape index (κ2) is 11.5. The van der Waals surface area contributed by atoms with E-state index >= 15 is 0 Å². The monoisotopic (exact) mass is 549 g/mol. The maximum absolute atomic E-state index is 14.2. The van der Waals surface area contributed by atoms with Gasteiger partial charge in [-0.2, -0.15) is 0 Å². The molecule has 0 bridgehead atoms. The Labute approximate surface area is 238 Å². The molecule has 0 radical (unpaired) electrons. The molecule has 1 fully saturated rings. The molecule has 41 heavy (non-hydrogen) atoms. The number of carbonyl (C=O) groups is 2. The molecule has 1 aliphatic heterocycles. The summed E-state index contributed by atoms with van der Waals surface area (Å²) in [4.78, 5) is 35.0. The van der Waals surface area contributed by atoms with E-state index in [0.29, 0.717) is 17.0 Å². The van der Waals surface area contributed by atoms with Gasteiger partial charge in [-0.25, -0.2) is 9.38 Å². The summed E-state index contributed by atoms with van der Waals surface area (Å²) in [7, 11) is 1.63. The van der Waals surface area contributed by atoms with E-state index in [-0.39, 0.29) is 30.2 Å². The molecule has 1 N–H and O–H groups in total. The number of carbonyl (C=O) groups excluding carboxylic acids is 2. The number of hydrogen-bond donors (Lipinski definition) is 1. The van der Waals surface area contributed by atoms with Crippen molar-refractivity contribution >= 4 is 34.0 Å². The Hall–Kier alpha value is -4.52. The van der Waals surface area contributed by atoms with Crippen molar-refractivity contribution in [1.29, 1.82) is 0 Å². The van der Waals surface area contributed by atoms with Gasteiger partial charge in [0.05, 0.1) is 24.1 Å². The lowest BCUT2D eigenvalue weighted by molar-refractivity contribution is -0.124. The first-order valence-corrected chi connectivity index (χ1v) is 14.1. The fourth-order valence-corrected chi connectivity index (χ4v) is 5.84. The summed E-state index contributed by atoms with van der Waals surface area (Å²) < 4.78 is 19.1. The molecule has 1 aliphatic carbocycles. The van der Waals surface area contributed by atoms with Crippen molar-refractivity contribution in [3.05, 3.63) is 107 Å². The summed E-state index contributed by atoms with van der Waals surface area (Å²) in [6, 6.07) is 24.0. The van der Waals surface area contributed by atoms with Crippen molar-refractivity contribution in [3.63, 3.8) is 0 Å². The predicted molar refractivity (Wildman–Crippen MR) is 158 cm³/mol. The largest absolute Gasteiger partial charge is 0.497 e. The molecule has 4 aromatic rings. The number of fused-ring (bicyclic) bond motifs is 2. The summed E-state index contributed by atoms with van der Waals surface area (Å²) in [6.07, 6.45) is 5.11. The van der Waals surface area contributed by atoms with E-state index in [4.69, 9.17) is 9.73 Å². The van der Waals surface area contributed by atoms with Gasteiger partial charge in [0.2, 0.25) is 5.91 Å². The average Bonchev–Trinajstić information content (AvgIpc) is 3.12. The van der Waals surface area contributed by atoms with Crippen molar-refractivity contribution < 1.29 is 18.7 Å². The van der Waals surface area contributed by atoms with Crippen LogP contribution in [0.5, 0.6) is 5.75 Å². The second-order valence-corrected chi connectivity index (χ2v) is 10.7. The number of rotatable bonds is 6. The van der Waals surface area contributed by atoms with E-state index in [1.54, 1.807) is 42.3 Å². The molecule has 6 rings (SSSR count). The highest BCUT2D eigenvalue weighted by molar-refractivity contribution is 6.22. The van der Waals surface area contributed by atoms with Crippen molar-refractivity contribution in [1.82, 2.24) is 10.2 Å². The molecule has 1 saturated carbocycles. The molecule has 0 spiro atoms. The Morgan fingerprint density at radius 3 is 2.46 bits per heavy atom. The number of nitrogens with zero attached hydrogens (tertiary/aromatic N) is 2. The first-order chi connectivity index (χ1) is 20.0. The fourth-order valence-electron chi connectivity index (χ4n) is 5.84. The molecule has 2 amide bonds. The van der Waals surface area contributed by atoms with Crippen molar-refractivity contribution in [2.75, 3.05) is 7.11 Å². The first-order valence-electron chi connectivity index (χ1n) is 14.1. The third-order valence-electron chi connectivity index (χ3n) is 8.02. The summed E-state index contributed by atoms with van der Waals surface area (Å²) in [6.45, 7) is 0.125. The van der Waals surface area contributed by atoms with Crippen LogP contribution in [0.25, 0.3) is 10.8 Å². The number of aliphatic imine (C=N–C) groups is 1. The fraction of sp³-hybridized carbons (Fsp3) is 0.265. The molecule has 208 valence electrons. The van der Waals surface area contributed by atoms with Crippen LogP contribution < -0.4 is 10.1 Å². The quantitative estimate of drug-likeness (QED) is 0.295. The summed E-state index contributed by atoms with van der Waals surface area (Å²) >= 11 is 0. The molecule has 0 saturated heterocycles. The van der Waals surface area contributed by atoms with E-state index in [1.165, 1.54) is 12.1 Å². The number of amides is 2. The van der Waals surface area contributed by atoms with Crippen LogP contribution in [0.4, 0.5) is 10.1 Å². The minimum Gasteiger partial charge on any atom is -0.497 e. The lowest BCUT2D eigenvalue weighted by atomic mass is 9.93. The number of halogens is 1. The van der Waals surface area contributed by atoms with Gasteiger partial charge in [0.1, 0.15) is 11.6 Å². The zero-order chi connectivity index (χ0) is 28.3. The van der Waals surface area contributed by atoms with E-state index in [0.717, 1.165) is 59.8 Å². The van der Waals surface area contributed by atoms with Gasteiger partial charge in [-0.3, -0.25) is 9.59 Å². The summed E-state index contributed by atoms with van der Waals surface area (Å²) in [5, 5.41) is 5.21. The molecule has 2 aliphatic rings. The van der Waals surface area contributed by atoms with Crippen LogP contribution in [-0.2, 0) is 11.3 Å². The van der Waals surface area contributed by atoms with E-state index in [2.05, 4.69) is 5.32 Å². The Morgan fingerprint density at radius 2 is 1.68 bits per heavy atom. The van der Waals surface area contributed by atoms with Gasteiger partial charge < -0.3 is 15.0 Å². The Kier molecular flexibility index (Phi) is 7.51. The van der Waals surface area contributed by atoms with Gasteiger partial charge in [-0.15, -0.1) is 0 Å². The van der Waals surface area contributed by atoms with Gasteiger partial charge in [0.15, 0.2) is 6.04 Å². The van der Waals surface area contributed by atoms with Crippen molar-refractivity contribution in [2.45, 2.75) is 50.7 Å². The number of para-hydroxylation sites is 1. The molecule has 0 aromatic heterocycles. The standard InChI is InChI=1S/C34H32FN3O3/c1-41-28-18-15-23-19-25(14-13-24(23)20-28)31-32(33(39)36-27-7-3-2-4-8-27)38(21-22-11-16-26(35)17-12-22)34(40)29-9-5-6-10-30(29)37-31/h5-6,9-20,27,32H,2-4,7-8,21H2,1H3,(H,36,39). The Bertz CT molecular complexity index is 1630. The van der Waals surface area contributed by atoms with E-state index in [1.807, 2.05) is 42.5 Å². The molecule has 4 aromatic carbocycles. The smallest absolute Gasteiger partial charge is 0.257 e. The van der Waals surface area contributed by atoms with Gasteiger partial charge in [0.25, 0.3) is 5.91 Å². The Balaban J connectivity index is 1.49. The SMILES string of the molecule is COc1ccc2cc(C3=Nc4ccccc4C(=O)N(Cc4ccc(F)cc4)C3C(=O)NC3CCCCC3)ccc2c1. The summed E-state index contributed by atoms with van der Waals surface area (Å²) in [5.41, 5.74) is 2.90. The van der Waals surface area contributed by atoms with Crippen molar-refractivity contribution in [3.8, 4) is 5.75 Å². The third-order valence-corrected chi connectivity index (χ3v) is 8.02. The maximum atomic E-state index is 14.2. The Morgan fingerprint density at radius 1 is 0.951 bits per heavy atom. The number of benzene rings is 4. The third kappa shape index (κ3) is 5.57. The zero-order valence-corrected chi connectivity index (χ0v) is 23.0. The highest BCUT2D eigenvalue weighted by atomic mass is 19.1. The number of hydrogen-bond acceptors (Lipinski definition) is 4. The van der Waals surface area contributed by atoms with Gasteiger partial charge in [-0.05, 0) is 77.2 Å². The van der Waals surface area contributed by atoms with Crippen LogP contribution in [0, 0.1) is 5.82 Å². The zero-order valence-electron chi connectivity index (χ0n) is 23.0. The minimum atomic E-state index is -0.988. The molecule has 6 nitrogen and oxygen atoms in total. The molecule has 7 heteroatoms. The van der Waals surface area contributed by atoms with Gasteiger partial charge in [-0.1, -0.05) is 61.7 Å². The van der Waals surface area contributed by atoms with E-state index < -0.39 is 6.04 Å². The lowest BCUT2D eigenvalue weighted by Crippen LogP contribution is -2.55. The first kappa shape index (κ1) is 26.7. The predicted octanol–water partition coefficient (Wildman–Crippen LogP) is 6.58. The topological polar surface area (TPSA) is 71.0 Å². The lowest BCUT2D eigenvalue weighted by Gasteiger charge is -2.33. The maximum Gasteiger partial charge on any atom is 0.257 e. The summed E-state index contributed by atoms with van der Waals surface area (Å²) in [5.74, 6) is -0.151. The highest BCUT2D eigenvalue weighted by Gasteiger charge is 2.39. The second-order valence-electron chi connectivity index (χ2n) is 10.7. The van der Waals surface area contributed by atoms with Crippen LogP contribution >= 0.6 is 0 Å². The molecular formula is C34H32FN3O3. The normalized spacial score (nSPS) is 17.5. The number of methoxy groups -OCH3 is 1. The van der Waals surface area contributed by atoms with Crippen LogP contribution in [0.3, 0.4) is 0 Å². The molecule has 1 atom stereocenters. The highest BCUT2D eigenvalue weighted by Crippen LogP contribution is 2.31. The van der Waals surface area contributed by atoms with Crippen LogP contribution in [0.15, 0.2) is 89.9 Å². The molecule has 1 heterocycles. The molecular weight excluding hydrogens is 517 g/mol.